The van der Waals surface area contributed by atoms with Gasteiger partial charge in [-0.15, -0.1) is 0 Å². The van der Waals surface area contributed by atoms with E-state index in [0.717, 1.165) is 5.56 Å². The minimum atomic E-state index is -0.188. The molecular formula is C16H17Cl2N3O. The van der Waals surface area contributed by atoms with Crippen LogP contribution in [0, 0.1) is 0 Å². The maximum Gasteiger partial charge on any atom is 0.254 e. The molecule has 1 heterocycles. The van der Waals surface area contributed by atoms with Crippen molar-refractivity contribution in [3.8, 4) is 0 Å². The zero-order valence-electron chi connectivity index (χ0n) is 12.4. The zero-order valence-corrected chi connectivity index (χ0v) is 13.9. The van der Waals surface area contributed by atoms with Gasteiger partial charge in [-0.1, -0.05) is 29.3 Å². The molecule has 1 aromatic heterocycles. The maximum absolute atomic E-state index is 12.6. The number of benzene rings is 1. The molecule has 0 bridgehead atoms. The van der Waals surface area contributed by atoms with Gasteiger partial charge in [0, 0.05) is 35.4 Å². The van der Waals surface area contributed by atoms with Crippen molar-refractivity contribution in [3.05, 3.63) is 63.4 Å². The Morgan fingerprint density at radius 2 is 2.05 bits per heavy atom. The summed E-state index contributed by atoms with van der Waals surface area (Å²) >= 11 is 12.1. The Balaban J connectivity index is 2.25. The number of hydrogen-bond donors (Lipinski definition) is 1. The van der Waals surface area contributed by atoms with Crippen molar-refractivity contribution in [2.45, 2.75) is 19.5 Å². The van der Waals surface area contributed by atoms with E-state index in [0.29, 0.717) is 27.8 Å². The molecule has 1 amide bonds. The van der Waals surface area contributed by atoms with Crippen LogP contribution >= 0.6 is 23.2 Å². The van der Waals surface area contributed by atoms with E-state index < -0.39 is 0 Å². The topological polar surface area (TPSA) is 59.2 Å². The van der Waals surface area contributed by atoms with Gasteiger partial charge in [-0.3, -0.25) is 9.78 Å². The van der Waals surface area contributed by atoms with Crippen LogP contribution in [0.5, 0.6) is 0 Å². The van der Waals surface area contributed by atoms with Crippen LogP contribution in [0.1, 0.15) is 34.6 Å². The fourth-order valence-electron chi connectivity index (χ4n) is 2.15. The van der Waals surface area contributed by atoms with Crippen molar-refractivity contribution in [1.29, 1.82) is 0 Å². The molecule has 1 atom stereocenters. The van der Waals surface area contributed by atoms with Crippen LogP contribution in [0.2, 0.25) is 10.0 Å². The van der Waals surface area contributed by atoms with Crippen molar-refractivity contribution >= 4 is 29.1 Å². The van der Waals surface area contributed by atoms with E-state index in [9.17, 15) is 4.79 Å². The predicted octanol–water partition coefficient (Wildman–Crippen LogP) is 3.68. The van der Waals surface area contributed by atoms with Gasteiger partial charge in [0.05, 0.1) is 11.7 Å². The number of carbonyl (C=O) groups excluding carboxylic acids is 1. The molecule has 0 saturated carbocycles. The number of halogens is 2. The first-order chi connectivity index (χ1) is 10.4. The number of rotatable bonds is 4. The molecule has 4 nitrogen and oxygen atoms in total. The van der Waals surface area contributed by atoms with E-state index in [4.69, 9.17) is 28.9 Å². The average Bonchev–Trinajstić information content (AvgIpc) is 2.53. The van der Waals surface area contributed by atoms with E-state index in [1.807, 2.05) is 13.0 Å². The summed E-state index contributed by atoms with van der Waals surface area (Å²) in [5.74, 6) is -0.115. The van der Waals surface area contributed by atoms with Crippen molar-refractivity contribution in [2.75, 3.05) is 7.05 Å². The minimum Gasteiger partial charge on any atom is -0.335 e. The van der Waals surface area contributed by atoms with Crippen LogP contribution in [0.3, 0.4) is 0 Å². The first-order valence-corrected chi connectivity index (χ1v) is 7.56. The summed E-state index contributed by atoms with van der Waals surface area (Å²) in [5, 5.41) is 1.11. The maximum atomic E-state index is 12.6. The van der Waals surface area contributed by atoms with Gasteiger partial charge in [0.15, 0.2) is 0 Å². The summed E-state index contributed by atoms with van der Waals surface area (Å²) in [6, 6.07) is 8.45. The van der Waals surface area contributed by atoms with Crippen LogP contribution in [0.15, 0.2) is 36.5 Å². The third-order valence-corrected chi connectivity index (χ3v) is 4.15. The van der Waals surface area contributed by atoms with Crippen LogP contribution in [-0.4, -0.2) is 22.8 Å². The summed E-state index contributed by atoms with van der Waals surface area (Å²) in [4.78, 5) is 18.3. The number of hydrogen-bond acceptors (Lipinski definition) is 3. The van der Waals surface area contributed by atoms with Crippen molar-refractivity contribution < 1.29 is 4.79 Å². The highest BCUT2D eigenvalue weighted by Gasteiger charge is 2.21. The minimum absolute atomic E-state index is 0.115. The Labute approximate surface area is 139 Å². The van der Waals surface area contributed by atoms with Crippen LogP contribution in [0.4, 0.5) is 0 Å². The Bertz CT molecular complexity index is 691. The highest BCUT2D eigenvalue weighted by Crippen LogP contribution is 2.29. The molecule has 2 aromatic rings. The van der Waals surface area contributed by atoms with Crippen LogP contribution < -0.4 is 5.73 Å². The predicted molar refractivity (Wildman–Crippen MR) is 89.1 cm³/mol. The third kappa shape index (κ3) is 3.58. The van der Waals surface area contributed by atoms with E-state index >= 15 is 0 Å². The molecular weight excluding hydrogens is 321 g/mol. The molecule has 2 N–H and O–H groups in total. The number of amides is 1. The van der Waals surface area contributed by atoms with Crippen molar-refractivity contribution in [1.82, 2.24) is 9.88 Å². The Kier molecular flexibility index (Phi) is 5.40. The second-order valence-electron chi connectivity index (χ2n) is 5.00. The van der Waals surface area contributed by atoms with Crippen molar-refractivity contribution in [3.63, 3.8) is 0 Å². The van der Waals surface area contributed by atoms with Gasteiger partial charge in [-0.2, -0.15) is 0 Å². The summed E-state index contributed by atoms with van der Waals surface area (Å²) in [5.41, 5.74) is 7.63. The molecule has 1 aromatic carbocycles. The van der Waals surface area contributed by atoms with Gasteiger partial charge in [0.2, 0.25) is 0 Å². The van der Waals surface area contributed by atoms with E-state index in [2.05, 4.69) is 4.98 Å². The molecule has 2 rings (SSSR count). The SMILES string of the molecule is CC(c1ccc(Cl)cc1Cl)N(C)C(=O)c1ccnc(CN)c1. The number of nitrogens with zero attached hydrogens (tertiary/aromatic N) is 2. The lowest BCUT2D eigenvalue weighted by Crippen LogP contribution is -2.30. The Morgan fingerprint density at radius 3 is 2.68 bits per heavy atom. The molecule has 0 aliphatic rings. The molecule has 6 heteroatoms. The van der Waals surface area contributed by atoms with Gasteiger partial charge in [0.1, 0.15) is 0 Å². The highest BCUT2D eigenvalue weighted by molar-refractivity contribution is 6.35. The number of nitrogens with two attached hydrogens (primary N) is 1. The molecule has 0 saturated heterocycles. The van der Waals surface area contributed by atoms with Gasteiger partial charge in [-0.05, 0) is 36.8 Å². The van der Waals surface area contributed by atoms with Gasteiger partial charge in [-0.25, -0.2) is 0 Å². The fourth-order valence-corrected chi connectivity index (χ4v) is 2.72. The summed E-state index contributed by atoms with van der Waals surface area (Å²) in [6.07, 6.45) is 1.59. The number of pyridine rings is 1. The highest BCUT2D eigenvalue weighted by atomic mass is 35.5. The summed E-state index contributed by atoms with van der Waals surface area (Å²) in [6.45, 7) is 2.21. The quantitative estimate of drug-likeness (QED) is 0.925. The van der Waals surface area contributed by atoms with Crippen LogP contribution in [-0.2, 0) is 6.54 Å². The molecule has 22 heavy (non-hydrogen) atoms. The third-order valence-electron chi connectivity index (χ3n) is 3.59. The smallest absolute Gasteiger partial charge is 0.254 e. The lowest BCUT2D eigenvalue weighted by atomic mass is 10.1. The van der Waals surface area contributed by atoms with E-state index in [-0.39, 0.29) is 11.9 Å². The average molecular weight is 338 g/mol. The molecule has 116 valence electrons. The zero-order chi connectivity index (χ0) is 16.3. The van der Waals surface area contributed by atoms with Gasteiger partial charge < -0.3 is 10.6 Å². The fraction of sp³-hybridized carbons (Fsp3) is 0.250. The normalized spacial score (nSPS) is 12.0. The van der Waals surface area contributed by atoms with Gasteiger partial charge >= 0.3 is 0 Å². The molecule has 0 aliphatic carbocycles. The molecule has 0 fully saturated rings. The lowest BCUT2D eigenvalue weighted by Gasteiger charge is -2.26. The summed E-state index contributed by atoms with van der Waals surface area (Å²) in [7, 11) is 1.74. The Morgan fingerprint density at radius 1 is 1.32 bits per heavy atom. The second-order valence-corrected chi connectivity index (χ2v) is 5.84. The van der Waals surface area contributed by atoms with E-state index in [1.54, 1.807) is 42.4 Å². The first kappa shape index (κ1) is 16.7. The molecule has 0 spiro atoms. The molecule has 0 aliphatic heterocycles. The van der Waals surface area contributed by atoms with Crippen molar-refractivity contribution in [2.24, 2.45) is 5.73 Å². The lowest BCUT2D eigenvalue weighted by molar-refractivity contribution is 0.0742. The second kappa shape index (κ2) is 7.09. The van der Waals surface area contributed by atoms with Gasteiger partial charge in [0.25, 0.3) is 5.91 Å². The van der Waals surface area contributed by atoms with Crippen LogP contribution in [0.25, 0.3) is 0 Å². The summed E-state index contributed by atoms with van der Waals surface area (Å²) < 4.78 is 0. The number of aromatic nitrogens is 1. The monoisotopic (exact) mass is 337 g/mol. The standard InChI is InChI=1S/C16H17Cl2N3O/c1-10(14-4-3-12(17)8-15(14)18)21(2)16(22)11-5-6-20-13(7-11)9-19/h3-8,10H,9,19H2,1-2H3. The Hall–Kier alpha value is -1.62. The molecule has 1 unspecified atom stereocenters. The molecule has 0 radical (unpaired) electrons. The first-order valence-electron chi connectivity index (χ1n) is 6.81. The largest absolute Gasteiger partial charge is 0.335 e. The van der Waals surface area contributed by atoms with E-state index in [1.165, 1.54) is 0 Å². The number of carbonyl (C=O) groups is 1.